The third kappa shape index (κ3) is 2.17. The molecule has 0 spiro atoms. The van der Waals surface area contributed by atoms with E-state index in [9.17, 15) is 0 Å². The molecule has 2 N–H and O–H groups in total. The van der Waals surface area contributed by atoms with E-state index in [1.54, 1.807) is 11.3 Å². The molecule has 0 aromatic carbocycles. The molecule has 0 aliphatic heterocycles. The van der Waals surface area contributed by atoms with Crippen molar-refractivity contribution < 1.29 is 0 Å². The molecule has 1 rings (SSSR count). The molecule has 0 aliphatic rings. The fraction of sp³-hybridized carbons (Fsp3) is 0.571. The lowest BCUT2D eigenvalue weighted by atomic mass is 10.6. The summed E-state index contributed by atoms with van der Waals surface area (Å²) in [4.78, 5) is 7.53. The quantitative estimate of drug-likeness (QED) is 0.733. The fourth-order valence-electron chi connectivity index (χ4n) is 0.809. The minimum Gasteiger partial charge on any atom is -0.350 e. The SMILES string of the molecule is Cc1cnc(N(C)CCN)s1. The zero-order valence-corrected chi connectivity index (χ0v) is 7.69. The van der Waals surface area contributed by atoms with Gasteiger partial charge in [-0.25, -0.2) is 4.98 Å². The van der Waals surface area contributed by atoms with E-state index in [1.165, 1.54) is 4.88 Å². The third-order valence-corrected chi connectivity index (χ3v) is 2.43. The predicted molar refractivity (Wildman–Crippen MR) is 49.2 cm³/mol. The molecule has 1 aromatic heterocycles. The highest BCUT2D eigenvalue weighted by Gasteiger charge is 2.02. The van der Waals surface area contributed by atoms with E-state index < -0.39 is 0 Å². The molecule has 1 aromatic rings. The van der Waals surface area contributed by atoms with Crippen molar-refractivity contribution in [1.82, 2.24) is 4.98 Å². The molecule has 0 aliphatic carbocycles. The minimum absolute atomic E-state index is 0.676. The van der Waals surface area contributed by atoms with Gasteiger partial charge in [0.2, 0.25) is 0 Å². The standard InChI is InChI=1S/C7H13N3S/c1-6-5-9-7(11-6)10(2)4-3-8/h5H,3-4,8H2,1-2H3. The third-order valence-electron chi connectivity index (χ3n) is 1.40. The van der Waals surface area contributed by atoms with Crippen molar-refractivity contribution in [3.63, 3.8) is 0 Å². The van der Waals surface area contributed by atoms with Crippen LogP contribution in [0.1, 0.15) is 4.88 Å². The second-order valence-electron chi connectivity index (χ2n) is 2.46. The Bertz CT molecular complexity index is 221. The highest BCUT2D eigenvalue weighted by molar-refractivity contribution is 7.15. The summed E-state index contributed by atoms with van der Waals surface area (Å²) >= 11 is 1.70. The Morgan fingerprint density at radius 2 is 2.45 bits per heavy atom. The van der Waals surface area contributed by atoms with Crippen molar-refractivity contribution in [2.75, 3.05) is 25.0 Å². The number of aryl methyl sites for hydroxylation is 1. The lowest BCUT2D eigenvalue weighted by molar-refractivity contribution is 0.880. The molecule has 4 heteroatoms. The van der Waals surface area contributed by atoms with Crippen LogP contribution in [0.5, 0.6) is 0 Å². The Morgan fingerprint density at radius 3 is 2.91 bits per heavy atom. The lowest BCUT2D eigenvalue weighted by Crippen LogP contribution is -2.24. The van der Waals surface area contributed by atoms with Gasteiger partial charge in [0.15, 0.2) is 5.13 Å². The molecule has 0 atom stereocenters. The normalized spacial score (nSPS) is 10.1. The molecule has 0 fully saturated rings. The van der Waals surface area contributed by atoms with Crippen LogP contribution < -0.4 is 10.6 Å². The number of hydrogen-bond acceptors (Lipinski definition) is 4. The van der Waals surface area contributed by atoms with E-state index in [0.717, 1.165) is 11.7 Å². The zero-order valence-electron chi connectivity index (χ0n) is 6.87. The number of thiazole rings is 1. The maximum Gasteiger partial charge on any atom is 0.185 e. The Morgan fingerprint density at radius 1 is 1.73 bits per heavy atom. The molecule has 0 saturated heterocycles. The lowest BCUT2D eigenvalue weighted by Gasteiger charge is -2.13. The Kier molecular flexibility index (Phi) is 2.84. The summed E-state index contributed by atoms with van der Waals surface area (Å²) in [7, 11) is 2.01. The van der Waals surface area contributed by atoms with Crippen molar-refractivity contribution in [3.05, 3.63) is 11.1 Å². The largest absolute Gasteiger partial charge is 0.350 e. The van der Waals surface area contributed by atoms with Crippen molar-refractivity contribution in [2.24, 2.45) is 5.73 Å². The van der Waals surface area contributed by atoms with Gasteiger partial charge in [-0.1, -0.05) is 0 Å². The van der Waals surface area contributed by atoms with Crippen LogP contribution in [0.2, 0.25) is 0 Å². The summed E-state index contributed by atoms with van der Waals surface area (Å²) in [5, 5.41) is 1.05. The molecule has 11 heavy (non-hydrogen) atoms. The van der Waals surface area contributed by atoms with Gasteiger partial charge in [-0.15, -0.1) is 11.3 Å². The van der Waals surface area contributed by atoms with Gasteiger partial charge in [0.05, 0.1) is 0 Å². The Labute approximate surface area is 70.9 Å². The Hall–Kier alpha value is -0.610. The minimum atomic E-state index is 0.676. The van der Waals surface area contributed by atoms with E-state index in [1.807, 2.05) is 13.2 Å². The van der Waals surface area contributed by atoms with Gasteiger partial charge in [-0.2, -0.15) is 0 Å². The van der Waals surface area contributed by atoms with E-state index in [0.29, 0.717) is 6.54 Å². The zero-order chi connectivity index (χ0) is 8.27. The summed E-state index contributed by atoms with van der Waals surface area (Å²) in [6.45, 7) is 3.60. The first-order valence-electron chi connectivity index (χ1n) is 3.57. The van der Waals surface area contributed by atoms with Gasteiger partial charge in [-0.05, 0) is 6.92 Å². The van der Waals surface area contributed by atoms with Gasteiger partial charge in [0.25, 0.3) is 0 Å². The van der Waals surface area contributed by atoms with Crippen molar-refractivity contribution in [1.29, 1.82) is 0 Å². The topological polar surface area (TPSA) is 42.2 Å². The van der Waals surface area contributed by atoms with Crippen LogP contribution in [0.25, 0.3) is 0 Å². The van der Waals surface area contributed by atoms with Crippen LogP contribution in [0.3, 0.4) is 0 Å². The second-order valence-corrected chi connectivity index (χ2v) is 3.68. The maximum absolute atomic E-state index is 5.41. The monoisotopic (exact) mass is 171 g/mol. The molecule has 1 heterocycles. The number of aromatic nitrogens is 1. The summed E-state index contributed by atoms with van der Waals surface area (Å²) in [5.41, 5.74) is 5.41. The highest BCUT2D eigenvalue weighted by Crippen LogP contribution is 2.19. The van der Waals surface area contributed by atoms with Crippen LogP contribution in [0, 0.1) is 6.92 Å². The van der Waals surface area contributed by atoms with Crippen LogP contribution in [-0.2, 0) is 0 Å². The molecule has 0 radical (unpaired) electrons. The second kappa shape index (κ2) is 3.69. The van der Waals surface area contributed by atoms with E-state index >= 15 is 0 Å². The number of rotatable bonds is 3. The van der Waals surface area contributed by atoms with Gasteiger partial charge in [-0.3, -0.25) is 0 Å². The summed E-state index contributed by atoms with van der Waals surface area (Å²) < 4.78 is 0. The van der Waals surface area contributed by atoms with Gasteiger partial charge in [0.1, 0.15) is 0 Å². The first-order chi connectivity index (χ1) is 5.24. The summed E-state index contributed by atoms with van der Waals surface area (Å²) in [6.07, 6.45) is 1.88. The van der Waals surface area contributed by atoms with Crippen molar-refractivity contribution in [2.45, 2.75) is 6.92 Å². The summed E-state index contributed by atoms with van der Waals surface area (Å²) in [6, 6.07) is 0. The number of hydrogen-bond donors (Lipinski definition) is 1. The van der Waals surface area contributed by atoms with Crippen molar-refractivity contribution >= 4 is 16.5 Å². The molecule has 0 saturated carbocycles. The van der Waals surface area contributed by atoms with Gasteiger partial charge >= 0.3 is 0 Å². The van der Waals surface area contributed by atoms with Crippen molar-refractivity contribution in [3.8, 4) is 0 Å². The van der Waals surface area contributed by atoms with E-state index in [2.05, 4.69) is 16.8 Å². The fourth-order valence-corrected chi connectivity index (χ4v) is 1.55. The number of nitrogens with two attached hydrogens (primary N) is 1. The average Bonchev–Trinajstić information content (AvgIpc) is 2.36. The maximum atomic E-state index is 5.41. The smallest absolute Gasteiger partial charge is 0.185 e. The number of likely N-dealkylation sites (N-methyl/N-ethyl adjacent to an activating group) is 1. The molecule has 62 valence electrons. The number of nitrogens with zero attached hydrogens (tertiary/aromatic N) is 2. The first kappa shape index (κ1) is 8.49. The van der Waals surface area contributed by atoms with Crippen LogP contribution in [-0.4, -0.2) is 25.1 Å². The van der Waals surface area contributed by atoms with Crippen LogP contribution >= 0.6 is 11.3 Å². The molecule has 3 nitrogen and oxygen atoms in total. The molecular weight excluding hydrogens is 158 g/mol. The molecule has 0 amide bonds. The van der Waals surface area contributed by atoms with Crippen LogP contribution in [0.15, 0.2) is 6.20 Å². The van der Waals surface area contributed by atoms with Gasteiger partial charge < -0.3 is 10.6 Å². The average molecular weight is 171 g/mol. The first-order valence-corrected chi connectivity index (χ1v) is 4.39. The van der Waals surface area contributed by atoms with Gasteiger partial charge in [0, 0.05) is 31.2 Å². The highest BCUT2D eigenvalue weighted by atomic mass is 32.1. The predicted octanol–water partition coefficient (Wildman–Crippen LogP) is 0.846. The summed E-state index contributed by atoms with van der Waals surface area (Å²) in [5.74, 6) is 0. The van der Waals surface area contributed by atoms with E-state index in [-0.39, 0.29) is 0 Å². The van der Waals surface area contributed by atoms with E-state index in [4.69, 9.17) is 5.73 Å². The molecular formula is C7H13N3S. The van der Waals surface area contributed by atoms with Crippen LogP contribution in [0.4, 0.5) is 5.13 Å². The number of anilines is 1. The molecule has 0 unspecified atom stereocenters. The molecule has 0 bridgehead atoms. The Balaban J connectivity index is 2.60.